The van der Waals surface area contributed by atoms with Crippen LogP contribution in [0.1, 0.15) is 12.8 Å². The first-order valence-electron chi connectivity index (χ1n) is 5.21. The first-order chi connectivity index (χ1) is 7.58. The fourth-order valence-corrected chi connectivity index (χ4v) is 3.03. The molecule has 0 aromatic carbocycles. The van der Waals surface area contributed by atoms with Gasteiger partial charge in [-0.25, -0.2) is 4.57 Å². The van der Waals surface area contributed by atoms with E-state index in [2.05, 4.69) is 15.1 Å². The Morgan fingerprint density at radius 1 is 1.25 bits per heavy atom. The van der Waals surface area contributed by atoms with E-state index in [4.69, 9.17) is 4.52 Å². The number of phosphoric ester groups is 1. The molecule has 1 saturated carbocycles. The first-order valence-corrected chi connectivity index (χ1v) is 6.67. The lowest BCUT2D eigenvalue weighted by molar-refractivity contribution is -0.141. The number of phosphoric acid groups is 1. The SMILES string of the molecule is COP(=O)(OC)OC(=O)C1CC2C=CC1C2. The third kappa shape index (κ3) is 2.08. The predicted octanol–water partition coefficient (Wildman–Crippen LogP) is 2.14. The Hall–Kier alpha value is -0.640. The minimum absolute atomic E-state index is 0.200. The van der Waals surface area contributed by atoms with Gasteiger partial charge in [0, 0.05) is 14.2 Å². The van der Waals surface area contributed by atoms with Gasteiger partial charge in [-0.05, 0) is 24.7 Å². The van der Waals surface area contributed by atoms with Gasteiger partial charge in [-0.2, -0.15) is 0 Å². The molecule has 0 radical (unpaired) electrons. The topological polar surface area (TPSA) is 61.8 Å². The Labute approximate surface area is 94.4 Å². The highest BCUT2D eigenvalue weighted by atomic mass is 31.2. The molecule has 2 aliphatic carbocycles. The minimum Gasteiger partial charge on any atom is -0.370 e. The Kier molecular flexibility index (Phi) is 3.19. The van der Waals surface area contributed by atoms with E-state index in [0.717, 1.165) is 12.8 Å². The van der Waals surface area contributed by atoms with Gasteiger partial charge in [0.15, 0.2) is 0 Å². The summed E-state index contributed by atoms with van der Waals surface area (Å²) in [6.45, 7) is 0. The van der Waals surface area contributed by atoms with E-state index in [1.54, 1.807) is 0 Å². The normalized spacial score (nSPS) is 32.0. The van der Waals surface area contributed by atoms with Crippen molar-refractivity contribution in [2.45, 2.75) is 12.8 Å². The molecule has 1 fully saturated rings. The monoisotopic (exact) mass is 246 g/mol. The molecule has 0 amide bonds. The number of carbonyl (C=O) groups excluding carboxylic acids is 1. The molecule has 6 heteroatoms. The van der Waals surface area contributed by atoms with Crippen LogP contribution in [-0.2, 0) is 22.9 Å². The smallest absolute Gasteiger partial charge is 0.370 e. The quantitative estimate of drug-likeness (QED) is 0.561. The maximum absolute atomic E-state index is 11.8. The van der Waals surface area contributed by atoms with Gasteiger partial charge in [-0.3, -0.25) is 13.8 Å². The third-order valence-corrected chi connectivity index (χ3v) is 4.53. The molecular weight excluding hydrogens is 231 g/mol. The highest BCUT2D eigenvalue weighted by molar-refractivity contribution is 7.49. The van der Waals surface area contributed by atoms with E-state index in [-0.39, 0.29) is 11.8 Å². The highest BCUT2D eigenvalue weighted by Gasteiger charge is 2.43. The number of carbonyl (C=O) groups is 1. The van der Waals surface area contributed by atoms with Crippen molar-refractivity contribution >= 4 is 13.8 Å². The van der Waals surface area contributed by atoms with Crippen LogP contribution >= 0.6 is 7.82 Å². The maximum atomic E-state index is 11.8. The number of allylic oxidation sites excluding steroid dienone is 2. The van der Waals surface area contributed by atoms with Gasteiger partial charge in [-0.15, -0.1) is 0 Å². The summed E-state index contributed by atoms with van der Waals surface area (Å²) < 4.78 is 25.6. The van der Waals surface area contributed by atoms with Gasteiger partial charge < -0.3 is 4.52 Å². The molecule has 16 heavy (non-hydrogen) atoms. The van der Waals surface area contributed by atoms with Gasteiger partial charge in [0.25, 0.3) is 0 Å². The summed E-state index contributed by atoms with van der Waals surface area (Å²) in [6.07, 6.45) is 5.92. The van der Waals surface area contributed by atoms with Gasteiger partial charge in [0.2, 0.25) is 0 Å². The lowest BCUT2D eigenvalue weighted by Crippen LogP contribution is -2.21. The molecule has 5 nitrogen and oxygen atoms in total. The van der Waals surface area contributed by atoms with Crippen molar-refractivity contribution in [1.29, 1.82) is 0 Å². The van der Waals surface area contributed by atoms with Crippen LogP contribution in [0.3, 0.4) is 0 Å². The summed E-state index contributed by atoms with van der Waals surface area (Å²) in [5.41, 5.74) is 0. The van der Waals surface area contributed by atoms with Gasteiger partial charge in [0.05, 0.1) is 5.92 Å². The van der Waals surface area contributed by atoms with E-state index in [1.165, 1.54) is 14.2 Å². The Bertz CT molecular complexity index is 356. The maximum Gasteiger partial charge on any atom is 0.531 e. The molecule has 2 aliphatic rings. The van der Waals surface area contributed by atoms with Crippen LogP contribution in [-0.4, -0.2) is 20.2 Å². The Morgan fingerprint density at radius 2 is 1.94 bits per heavy atom. The van der Waals surface area contributed by atoms with Gasteiger partial charge in [-0.1, -0.05) is 12.2 Å². The second-order valence-corrected chi connectivity index (χ2v) is 5.92. The zero-order valence-corrected chi connectivity index (χ0v) is 10.2. The number of fused-ring (bicyclic) bond motifs is 2. The number of hydrogen-bond acceptors (Lipinski definition) is 5. The molecule has 0 aromatic rings. The van der Waals surface area contributed by atoms with Crippen molar-refractivity contribution < 1.29 is 22.9 Å². The zero-order chi connectivity index (χ0) is 11.8. The largest absolute Gasteiger partial charge is 0.531 e. The summed E-state index contributed by atoms with van der Waals surface area (Å²) >= 11 is 0. The molecule has 0 N–H and O–H groups in total. The molecule has 2 bridgehead atoms. The summed E-state index contributed by atoms with van der Waals surface area (Å²) in [7, 11) is -1.30. The molecule has 3 unspecified atom stereocenters. The average molecular weight is 246 g/mol. The number of rotatable bonds is 4. The van der Waals surface area contributed by atoms with Crippen molar-refractivity contribution in [2.24, 2.45) is 17.8 Å². The zero-order valence-electron chi connectivity index (χ0n) is 9.29. The van der Waals surface area contributed by atoms with Crippen LogP contribution in [0.15, 0.2) is 12.2 Å². The summed E-state index contributed by atoms with van der Waals surface area (Å²) in [6, 6.07) is 0. The Morgan fingerprint density at radius 3 is 2.38 bits per heavy atom. The van der Waals surface area contributed by atoms with Crippen molar-refractivity contribution in [1.82, 2.24) is 0 Å². The van der Waals surface area contributed by atoms with E-state index in [1.807, 2.05) is 6.08 Å². The van der Waals surface area contributed by atoms with Crippen LogP contribution in [0.2, 0.25) is 0 Å². The fraction of sp³-hybridized carbons (Fsp3) is 0.700. The van der Waals surface area contributed by atoms with Crippen LogP contribution in [0, 0.1) is 17.8 Å². The number of hydrogen-bond donors (Lipinski definition) is 0. The fourth-order valence-electron chi connectivity index (χ4n) is 2.38. The standard InChI is InChI=1S/C10H15O5P/c1-13-16(12,14-2)15-10(11)9-6-7-3-4-8(9)5-7/h3-4,7-9H,5-6H2,1-2H3. The lowest BCUT2D eigenvalue weighted by Gasteiger charge is -2.19. The van der Waals surface area contributed by atoms with Gasteiger partial charge in [0.1, 0.15) is 0 Å². The first kappa shape index (κ1) is 11.8. The van der Waals surface area contributed by atoms with Crippen molar-refractivity contribution in [3.63, 3.8) is 0 Å². The van der Waals surface area contributed by atoms with Crippen molar-refractivity contribution in [2.75, 3.05) is 14.2 Å². The van der Waals surface area contributed by atoms with Crippen molar-refractivity contribution in [3.8, 4) is 0 Å². The molecule has 0 heterocycles. The third-order valence-electron chi connectivity index (χ3n) is 3.23. The molecule has 3 atom stereocenters. The van der Waals surface area contributed by atoms with Crippen LogP contribution in [0.5, 0.6) is 0 Å². The van der Waals surface area contributed by atoms with Crippen LogP contribution < -0.4 is 0 Å². The lowest BCUT2D eigenvalue weighted by atomic mass is 9.94. The summed E-state index contributed by atoms with van der Waals surface area (Å²) in [5.74, 6) is 0.00388. The Balaban J connectivity index is 1.99. The molecule has 0 aromatic heterocycles. The second kappa shape index (κ2) is 4.32. The predicted molar refractivity (Wildman–Crippen MR) is 56.6 cm³/mol. The van der Waals surface area contributed by atoms with Gasteiger partial charge >= 0.3 is 13.8 Å². The molecule has 2 rings (SSSR count). The van der Waals surface area contributed by atoms with Crippen LogP contribution in [0.25, 0.3) is 0 Å². The highest BCUT2D eigenvalue weighted by Crippen LogP contribution is 2.51. The van der Waals surface area contributed by atoms with Crippen molar-refractivity contribution in [3.05, 3.63) is 12.2 Å². The van der Waals surface area contributed by atoms with E-state index in [0.29, 0.717) is 5.92 Å². The van der Waals surface area contributed by atoms with Crippen LogP contribution in [0.4, 0.5) is 0 Å². The minimum atomic E-state index is -3.69. The molecule has 0 spiro atoms. The molecule has 90 valence electrons. The van der Waals surface area contributed by atoms with E-state index >= 15 is 0 Å². The molecular formula is C10H15O5P. The molecule has 0 aliphatic heterocycles. The molecule has 0 saturated heterocycles. The summed E-state index contributed by atoms with van der Waals surface area (Å²) in [4.78, 5) is 11.8. The second-order valence-electron chi connectivity index (χ2n) is 4.11. The average Bonchev–Trinajstić information content (AvgIpc) is 2.90. The van der Waals surface area contributed by atoms with E-state index in [9.17, 15) is 9.36 Å². The summed E-state index contributed by atoms with van der Waals surface area (Å²) in [5, 5.41) is 0. The van der Waals surface area contributed by atoms with E-state index < -0.39 is 13.8 Å².